The van der Waals surface area contributed by atoms with Crippen LogP contribution < -0.4 is 4.74 Å². The highest BCUT2D eigenvalue weighted by atomic mass is 79.9. The number of hydrogen-bond acceptors (Lipinski definition) is 1. The zero-order valence-corrected chi connectivity index (χ0v) is 11.8. The van der Waals surface area contributed by atoms with E-state index in [9.17, 15) is 0 Å². The van der Waals surface area contributed by atoms with Gasteiger partial charge in [0.1, 0.15) is 5.75 Å². The van der Waals surface area contributed by atoms with Crippen LogP contribution >= 0.6 is 15.9 Å². The molecule has 1 nitrogen and oxygen atoms in total. The number of halogens is 1. The third-order valence-electron chi connectivity index (χ3n) is 3.57. The van der Waals surface area contributed by atoms with Gasteiger partial charge < -0.3 is 4.74 Å². The van der Waals surface area contributed by atoms with Crippen molar-refractivity contribution in [3.8, 4) is 5.75 Å². The summed E-state index contributed by atoms with van der Waals surface area (Å²) in [6, 6.07) is 4.51. The Morgan fingerprint density at radius 1 is 1.25 bits per heavy atom. The molecule has 1 aromatic rings. The number of alkyl halides is 1. The molecule has 0 aromatic heterocycles. The van der Waals surface area contributed by atoms with E-state index in [2.05, 4.69) is 41.9 Å². The van der Waals surface area contributed by atoms with Crippen LogP contribution in [0.2, 0.25) is 0 Å². The van der Waals surface area contributed by atoms with Gasteiger partial charge >= 0.3 is 0 Å². The van der Waals surface area contributed by atoms with Gasteiger partial charge in [0, 0.05) is 4.83 Å². The lowest BCUT2D eigenvalue weighted by atomic mass is 9.80. The summed E-state index contributed by atoms with van der Waals surface area (Å²) in [5.74, 6) is 1.85. The average Bonchev–Trinajstić information content (AvgIpc) is 2.14. The van der Waals surface area contributed by atoms with Crippen molar-refractivity contribution >= 4 is 15.9 Å². The molecular weight excluding hydrogens is 264 g/mol. The number of ether oxygens (including phenoxy) is 1. The van der Waals surface area contributed by atoms with Crippen LogP contribution in [0.4, 0.5) is 0 Å². The maximum atomic E-state index is 5.40. The van der Waals surface area contributed by atoms with E-state index < -0.39 is 0 Å². The van der Waals surface area contributed by atoms with E-state index >= 15 is 0 Å². The largest absolute Gasteiger partial charge is 0.496 e. The second kappa shape index (κ2) is 4.79. The smallest absolute Gasteiger partial charge is 0.124 e. The molecule has 1 aromatic carbocycles. The van der Waals surface area contributed by atoms with Gasteiger partial charge in [0.15, 0.2) is 0 Å². The minimum atomic E-state index is 0.518. The van der Waals surface area contributed by atoms with Crippen LogP contribution in [0.1, 0.15) is 40.8 Å². The fourth-order valence-corrected chi connectivity index (χ4v) is 3.26. The SMILES string of the molecule is COc1c(C)cc(C(Br)C2CCC2)cc1C. The van der Waals surface area contributed by atoms with Crippen molar-refractivity contribution in [2.75, 3.05) is 7.11 Å². The standard InChI is InChI=1S/C14H19BrO/c1-9-7-12(8-10(2)14(9)16-3)13(15)11-5-4-6-11/h7-8,11,13H,4-6H2,1-3H3. The van der Waals surface area contributed by atoms with Gasteiger partial charge in [-0.25, -0.2) is 0 Å². The molecule has 1 aliphatic rings. The van der Waals surface area contributed by atoms with E-state index in [0.717, 1.165) is 11.7 Å². The summed E-state index contributed by atoms with van der Waals surface area (Å²) in [6.45, 7) is 4.24. The summed E-state index contributed by atoms with van der Waals surface area (Å²) >= 11 is 3.84. The highest BCUT2D eigenvalue weighted by molar-refractivity contribution is 9.09. The van der Waals surface area contributed by atoms with E-state index in [0.29, 0.717) is 4.83 Å². The first kappa shape index (κ1) is 12.0. The minimum absolute atomic E-state index is 0.518. The first-order valence-electron chi connectivity index (χ1n) is 5.92. The topological polar surface area (TPSA) is 9.23 Å². The molecule has 2 heteroatoms. The van der Waals surface area contributed by atoms with Gasteiger partial charge in [0.2, 0.25) is 0 Å². The lowest BCUT2D eigenvalue weighted by Crippen LogP contribution is -2.16. The van der Waals surface area contributed by atoms with Gasteiger partial charge in [0.25, 0.3) is 0 Å². The van der Waals surface area contributed by atoms with Crippen LogP contribution in [0.5, 0.6) is 5.75 Å². The summed E-state index contributed by atoms with van der Waals surface area (Å²) in [7, 11) is 1.74. The molecule has 1 saturated carbocycles. The Kier molecular flexibility index (Phi) is 3.58. The minimum Gasteiger partial charge on any atom is -0.496 e. The Hall–Kier alpha value is -0.500. The van der Waals surface area contributed by atoms with Crippen molar-refractivity contribution in [1.29, 1.82) is 0 Å². The average molecular weight is 283 g/mol. The molecule has 0 amide bonds. The molecule has 1 aliphatic carbocycles. The van der Waals surface area contributed by atoms with Crippen LogP contribution in [0, 0.1) is 19.8 Å². The van der Waals surface area contributed by atoms with Gasteiger partial charge in [-0.15, -0.1) is 0 Å². The molecule has 0 spiro atoms. The third-order valence-corrected chi connectivity index (χ3v) is 4.85. The predicted octanol–water partition coefficient (Wildman–Crippen LogP) is 4.55. The fourth-order valence-electron chi connectivity index (χ4n) is 2.47. The first-order valence-corrected chi connectivity index (χ1v) is 6.84. The van der Waals surface area contributed by atoms with Gasteiger partial charge in [0.05, 0.1) is 7.11 Å². The van der Waals surface area contributed by atoms with Gasteiger partial charge in [-0.2, -0.15) is 0 Å². The monoisotopic (exact) mass is 282 g/mol. The lowest BCUT2D eigenvalue weighted by Gasteiger charge is -2.31. The Morgan fingerprint density at radius 3 is 2.19 bits per heavy atom. The number of rotatable bonds is 3. The third kappa shape index (κ3) is 2.13. The summed E-state index contributed by atoms with van der Waals surface area (Å²) in [5, 5.41) is 0. The highest BCUT2D eigenvalue weighted by Gasteiger charge is 2.26. The van der Waals surface area contributed by atoms with Crippen molar-refractivity contribution < 1.29 is 4.74 Å². The van der Waals surface area contributed by atoms with Crippen LogP contribution in [-0.2, 0) is 0 Å². The zero-order valence-electron chi connectivity index (χ0n) is 10.2. The summed E-state index contributed by atoms with van der Waals surface area (Å²) in [5.41, 5.74) is 3.88. The van der Waals surface area contributed by atoms with Crippen molar-refractivity contribution in [3.63, 3.8) is 0 Å². The van der Waals surface area contributed by atoms with Crippen LogP contribution in [0.25, 0.3) is 0 Å². The second-order valence-corrected chi connectivity index (χ2v) is 5.77. The molecule has 88 valence electrons. The number of benzene rings is 1. The molecule has 0 saturated heterocycles. The molecule has 1 atom stereocenters. The second-order valence-electron chi connectivity index (χ2n) is 4.78. The van der Waals surface area contributed by atoms with E-state index in [1.807, 2.05) is 0 Å². The van der Waals surface area contributed by atoms with Crippen LogP contribution in [0.3, 0.4) is 0 Å². The Balaban J connectivity index is 2.28. The summed E-state index contributed by atoms with van der Waals surface area (Å²) in [6.07, 6.45) is 4.11. The van der Waals surface area contributed by atoms with E-state index in [1.54, 1.807) is 7.11 Å². The van der Waals surface area contributed by atoms with Crippen molar-refractivity contribution in [1.82, 2.24) is 0 Å². The molecule has 0 aliphatic heterocycles. The molecule has 0 bridgehead atoms. The molecule has 0 heterocycles. The Labute approximate surface area is 106 Å². The van der Waals surface area contributed by atoms with Crippen LogP contribution in [0.15, 0.2) is 12.1 Å². The molecule has 2 rings (SSSR count). The zero-order chi connectivity index (χ0) is 11.7. The summed E-state index contributed by atoms with van der Waals surface area (Å²) in [4.78, 5) is 0.518. The number of hydrogen-bond donors (Lipinski definition) is 0. The van der Waals surface area contributed by atoms with Gasteiger partial charge in [-0.1, -0.05) is 34.5 Å². The van der Waals surface area contributed by atoms with E-state index in [1.165, 1.54) is 36.0 Å². The maximum Gasteiger partial charge on any atom is 0.124 e. The van der Waals surface area contributed by atoms with Gasteiger partial charge in [-0.05, 0) is 49.3 Å². The Morgan fingerprint density at radius 2 is 1.81 bits per heavy atom. The molecule has 16 heavy (non-hydrogen) atoms. The lowest BCUT2D eigenvalue weighted by molar-refractivity contribution is 0.312. The molecule has 1 fully saturated rings. The van der Waals surface area contributed by atoms with Gasteiger partial charge in [-0.3, -0.25) is 0 Å². The normalized spacial score (nSPS) is 18.0. The summed E-state index contributed by atoms with van der Waals surface area (Å²) < 4.78 is 5.40. The highest BCUT2D eigenvalue weighted by Crippen LogP contribution is 2.44. The number of methoxy groups -OCH3 is 1. The van der Waals surface area contributed by atoms with E-state index in [4.69, 9.17) is 4.74 Å². The molecular formula is C14H19BrO. The Bertz CT molecular complexity index is 359. The quantitative estimate of drug-likeness (QED) is 0.739. The van der Waals surface area contributed by atoms with Crippen molar-refractivity contribution in [3.05, 3.63) is 28.8 Å². The first-order chi connectivity index (χ1) is 7.63. The molecule has 0 N–H and O–H groups in total. The molecule has 0 radical (unpaired) electrons. The maximum absolute atomic E-state index is 5.40. The fraction of sp³-hybridized carbons (Fsp3) is 0.571. The predicted molar refractivity (Wildman–Crippen MR) is 71.5 cm³/mol. The molecule has 1 unspecified atom stereocenters. The van der Waals surface area contributed by atoms with E-state index in [-0.39, 0.29) is 0 Å². The number of aryl methyl sites for hydroxylation is 2. The van der Waals surface area contributed by atoms with Crippen molar-refractivity contribution in [2.24, 2.45) is 5.92 Å². The van der Waals surface area contributed by atoms with Crippen LogP contribution in [-0.4, -0.2) is 7.11 Å². The van der Waals surface area contributed by atoms with Crippen molar-refractivity contribution in [2.45, 2.75) is 37.9 Å².